The Kier molecular flexibility index (Phi) is 3.99. The highest BCUT2D eigenvalue weighted by atomic mass is 16.5. The van der Waals surface area contributed by atoms with Crippen LogP contribution in [0.4, 0.5) is 5.69 Å². The summed E-state index contributed by atoms with van der Waals surface area (Å²) in [5.41, 5.74) is 7.35. The number of nitrogens with zero attached hydrogens (tertiary/aromatic N) is 1. The molecule has 18 heavy (non-hydrogen) atoms. The number of hydrogen-bond acceptors (Lipinski definition) is 4. The van der Waals surface area contributed by atoms with Gasteiger partial charge in [-0.3, -0.25) is 0 Å². The fourth-order valence-electron chi connectivity index (χ4n) is 1.65. The molecule has 0 bridgehead atoms. The van der Waals surface area contributed by atoms with Crippen LogP contribution in [0.15, 0.2) is 30.3 Å². The molecule has 0 spiro atoms. The van der Waals surface area contributed by atoms with Crippen molar-refractivity contribution < 1.29 is 9.47 Å². The Balaban J connectivity index is 2.04. The molecule has 2 rings (SSSR count). The van der Waals surface area contributed by atoms with Crippen LogP contribution in [-0.4, -0.2) is 24.8 Å². The van der Waals surface area contributed by atoms with E-state index in [9.17, 15) is 0 Å². The number of anilines is 1. The molecule has 0 amide bonds. The van der Waals surface area contributed by atoms with Crippen LogP contribution in [0.1, 0.15) is 13.3 Å². The van der Waals surface area contributed by atoms with Crippen LogP contribution in [-0.2, 0) is 4.74 Å². The highest BCUT2D eigenvalue weighted by Crippen LogP contribution is 2.19. The van der Waals surface area contributed by atoms with Crippen molar-refractivity contribution in [3.63, 3.8) is 0 Å². The zero-order chi connectivity index (χ0) is 13.0. The van der Waals surface area contributed by atoms with E-state index in [1.807, 2.05) is 37.3 Å². The van der Waals surface area contributed by atoms with Gasteiger partial charge in [0, 0.05) is 30.7 Å². The van der Waals surface area contributed by atoms with Crippen LogP contribution >= 0.6 is 0 Å². The van der Waals surface area contributed by atoms with E-state index >= 15 is 0 Å². The van der Waals surface area contributed by atoms with Crippen LogP contribution in [0.2, 0.25) is 0 Å². The van der Waals surface area contributed by atoms with E-state index in [1.54, 1.807) is 7.11 Å². The molecule has 0 aliphatic heterocycles. The molecule has 4 nitrogen and oxygen atoms in total. The Hall–Kier alpha value is -1.81. The number of methoxy groups -OCH3 is 1. The number of pyridine rings is 1. The van der Waals surface area contributed by atoms with E-state index in [0.717, 1.165) is 23.0 Å². The van der Waals surface area contributed by atoms with Gasteiger partial charge in [0.15, 0.2) is 0 Å². The minimum Gasteiger partial charge on any atom is -0.478 e. The topological polar surface area (TPSA) is 57.4 Å². The van der Waals surface area contributed by atoms with Gasteiger partial charge in [0.25, 0.3) is 0 Å². The first-order valence-corrected chi connectivity index (χ1v) is 6.01. The van der Waals surface area contributed by atoms with Crippen LogP contribution in [0.25, 0.3) is 10.9 Å². The molecule has 4 heteroatoms. The zero-order valence-electron chi connectivity index (χ0n) is 10.7. The molecule has 1 aromatic carbocycles. The number of rotatable bonds is 5. The first-order chi connectivity index (χ1) is 8.69. The molecular weight excluding hydrogens is 228 g/mol. The molecule has 1 atom stereocenters. The lowest BCUT2D eigenvalue weighted by molar-refractivity contribution is 0.0949. The summed E-state index contributed by atoms with van der Waals surface area (Å²) in [6, 6.07) is 9.47. The highest BCUT2D eigenvalue weighted by molar-refractivity contribution is 5.82. The number of aromatic nitrogens is 1. The largest absolute Gasteiger partial charge is 0.478 e. The quantitative estimate of drug-likeness (QED) is 0.824. The molecule has 0 aliphatic rings. The van der Waals surface area contributed by atoms with Crippen LogP contribution in [0.5, 0.6) is 5.88 Å². The summed E-state index contributed by atoms with van der Waals surface area (Å²) in [7, 11) is 1.70. The molecule has 2 N–H and O–H groups in total. The molecule has 0 aliphatic carbocycles. The fraction of sp³-hybridized carbons (Fsp3) is 0.357. The molecule has 1 unspecified atom stereocenters. The fourth-order valence-corrected chi connectivity index (χ4v) is 1.65. The van der Waals surface area contributed by atoms with Gasteiger partial charge in [-0.2, -0.15) is 0 Å². The lowest BCUT2D eigenvalue weighted by Gasteiger charge is -2.10. The second-order valence-corrected chi connectivity index (χ2v) is 4.29. The van der Waals surface area contributed by atoms with Gasteiger partial charge in [0.05, 0.1) is 18.2 Å². The number of nitrogens with two attached hydrogens (primary N) is 1. The van der Waals surface area contributed by atoms with Crippen molar-refractivity contribution in [3.05, 3.63) is 30.3 Å². The average Bonchev–Trinajstić information content (AvgIpc) is 2.38. The first-order valence-electron chi connectivity index (χ1n) is 6.01. The van der Waals surface area contributed by atoms with Crippen molar-refractivity contribution in [1.82, 2.24) is 4.98 Å². The molecule has 96 valence electrons. The summed E-state index contributed by atoms with van der Waals surface area (Å²) in [6.45, 7) is 2.61. The van der Waals surface area contributed by atoms with Crippen molar-refractivity contribution in [1.29, 1.82) is 0 Å². The predicted molar refractivity (Wildman–Crippen MR) is 72.7 cm³/mol. The summed E-state index contributed by atoms with van der Waals surface area (Å²) < 4.78 is 10.8. The van der Waals surface area contributed by atoms with Gasteiger partial charge in [-0.15, -0.1) is 0 Å². The number of nitrogen functional groups attached to an aromatic ring is 1. The summed E-state index contributed by atoms with van der Waals surface area (Å²) in [5.74, 6) is 0.635. The van der Waals surface area contributed by atoms with Gasteiger partial charge in [0.2, 0.25) is 5.88 Å². The van der Waals surface area contributed by atoms with Crippen LogP contribution in [0.3, 0.4) is 0 Å². The van der Waals surface area contributed by atoms with Crippen molar-refractivity contribution in [2.75, 3.05) is 19.5 Å². The van der Waals surface area contributed by atoms with Crippen LogP contribution in [0, 0.1) is 0 Å². The minimum absolute atomic E-state index is 0.199. The third-order valence-electron chi connectivity index (χ3n) is 2.86. The van der Waals surface area contributed by atoms with Gasteiger partial charge in [0.1, 0.15) is 0 Å². The summed E-state index contributed by atoms with van der Waals surface area (Å²) in [5, 5.41) is 1.02. The van der Waals surface area contributed by atoms with Gasteiger partial charge >= 0.3 is 0 Å². The van der Waals surface area contributed by atoms with Gasteiger partial charge in [-0.25, -0.2) is 4.98 Å². The molecule has 2 aromatic rings. The molecule has 0 saturated heterocycles. The van der Waals surface area contributed by atoms with E-state index in [1.165, 1.54) is 0 Å². The Morgan fingerprint density at radius 1 is 1.28 bits per heavy atom. The third kappa shape index (κ3) is 3.11. The average molecular weight is 246 g/mol. The molecule has 1 aromatic heterocycles. The number of ether oxygens (including phenoxy) is 2. The summed E-state index contributed by atoms with van der Waals surface area (Å²) >= 11 is 0. The van der Waals surface area contributed by atoms with Crippen molar-refractivity contribution in [2.24, 2.45) is 0 Å². The van der Waals surface area contributed by atoms with Gasteiger partial charge in [-0.1, -0.05) is 0 Å². The Morgan fingerprint density at radius 3 is 2.89 bits per heavy atom. The lowest BCUT2D eigenvalue weighted by Crippen LogP contribution is -2.10. The Labute approximate surface area is 107 Å². The molecule has 1 heterocycles. The van der Waals surface area contributed by atoms with E-state index in [2.05, 4.69) is 4.98 Å². The van der Waals surface area contributed by atoms with E-state index in [0.29, 0.717) is 12.5 Å². The monoisotopic (exact) mass is 246 g/mol. The van der Waals surface area contributed by atoms with E-state index in [4.69, 9.17) is 15.2 Å². The lowest BCUT2D eigenvalue weighted by atomic mass is 10.2. The van der Waals surface area contributed by atoms with Gasteiger partial charge in [-0.05, 0) is 31.2 Å². The molecule has 0 saturated carbocycles. The van der Waals surface area contributed by atoms with Gasteiger partial charge < -0.3 is 15.2 Å². The minimum atomic E-state index is 0.199. The third-order valence-corrected chi connectivity index (χ3v) is 2.86. The second kappa shape index (κ2) is 5.69. The van der Waals surface area contributed by atoms with E-state index in [-0.39, 0.29) is 6.10 Å². The van der Waals surface area contributed by atoms with Crippen molar-refractivity contribution >= 4 is 16.6 Å². The summed E-state index contributed by atoms with van der Waals surface area (Å²) in [6.07, 6.45) is 1.04. The SMILES string of the molecule is COC(C)CCOc1ccc2cc(N)ccc2n1. The maximum atomic E-state index is 5.72. The molecule has 0 fully saturated rings. The predicted octanol–water partition coefficient (Wildman–Crippen LogP) is 2.62. The Bertz CT molecular complexity index is 528. The highest BCUT2D eigenvalue weighted by Gasteiger charge is 2.02. The number of fused-ring (bicyclic) bond motifs is 1. The van der Waals surface area contributed by atoms with Crippen molar-refractivity contribution in [2.45, 2.75) is 19.4 Å². The van der Waals surface area contributed by atoms with E-state index < -0.39 is 0 Å². The Morgan fingerprint density at radius 2 is 2.11 bits per heavy atom. The summed E-state index contributed by atoms with van der Waals surface area (Å²) in [4.78, 5) is 4.42. The number of benzene rings is 1. The maximum Gasteiger partial charge on any atom is 0.213 e. The zero-order valence-corrected chi connectivity index (χ0v) is 10.7. The normalized spacial score (nSPS) is 12.6. The van der Waals surface area contributed by atoms with Crippen LogP contribution < -0.4 is 10.5 Å². The molecular formula is C14H18N2O2. The smallest absolute Gasteiger partial charge is 0.213 e. The standard InChI is InChI=1S/C14H18N2O2/c1-10(17-2)7-8-18-14-6-3-11-9-12(15)4-5-13(11)16-14/h3-6,9-10H,7-8,15H2,1-2H3. The number of hydrogen-bond donors (Lipinski definition) is 1. The van der Waals surface area contributed by atoms with Crippen molar-refractivity contribution in [3.8, 4) is 5.88 Å². The maximum absolute atomic E-state index is 5.72. The first kappa shape index (κ1) is 12.6. The molecule has 0 radical (unpaired) electrons. The second-order valence-electron chi connectivity index (χ2n) is 4.29.